The number of hydrogen-bond donors (Lipinski definition) is 2. The number of rotatable bonds is 5. The number of carbonyl (C=O) groups is 2. The predicted octanol–water partition coefficient (Wildman–Crippen LogP) is 4.29. The van der Waals surface area contributed by atoms with Crippen molar-refractivity contribution in [1.82, 2.24) is 0 Å². The molecule has 2 aromatic rings. The molecule has 0 aliphatic rings. The number of amides is 2. The molecule has 0 saturated heterocycles. The molecule has 2 amide bonds. The van der Waals surface area contributed by atoms with Gasteiger partial charge >= 0.3 is 0 Å². The van der Waals surface area contributed by atoms with Gasteiger partial charge in [0, 0.05) is 12.0 Å². The van der Waals surface area contributed by atoms with Crippen LogP contribution in [0.3, 0.4) is 0 Å². The number of para-hydroxylation sites is 2. The first kappa shape index (κ1) is 16.7. The summed E-state index contributed by atoms with van der Waals surface area (Å²) in [5.41, 5.74) is 3.80. The summed E-state index contributed by atoms with van der Waals surface area (Å²) in [4.78, 5) is 24.3. The van der Waals surface area contributed by atoms with E-state index in [1.165, 1.54) is 0 Å². The van der Waals surface area contributed by atoms with Gasteiger partial charge in [0.15, 0.2) is 0 Å². The Hall–Kier alpha value is -2.62. The third kappa shape index (κ3) is 4.42. The summed E-state index contributed by atoms with van der Waals surface area (Å²) in [5.74, 6) is -0.232. The zero-order chi connectivity index (χ0) is 16.8. The van der Waals surface area contributed by atoms with Gasteiger partial charge < -0.3 is 10.6 Å². The first-order chi connectivity index (χ1) is 11.0. The minimum Gasteiger partial charge on any atom is -0.324 e. The molecule has 0 unspecified atom stereocenters. The van der Waals surface area contributed by atoms with Gasteiger partial charge in [-0.3, -0.25) is 9.59 Å². The fourth-order valence-electron chi connectivity index (χ4n) is 2.31. The Morgan fingerprint density at radius 2 is 1.61 bits per heavy atom. The SMILES string of the molecule is CCCC(=O)Nc1ccccc1NC(=O)c1cc(C)ccc1C. The molecule has 0 spiro atoms. The lowest BCUT2D eigenvalue weighted by molar-refractivity contribution is -0.116. The molecule has 0 bridgehead atoms. The standard InChI is InChI=1S/C19H22N2O2/c1-4-7-18(22)20-16-8-5-6-9-17(16)21-19(23)15-12-13(2)10-11-14(15)3/h5-6,8-12H,4,7H2,1-3H3,(H,20,22)(H,21,23). The Morgan fingerprint density at radius 1 is 0.957 bits per heavy atom. The van der Waals surface area contributed by atoms with Crippen molar-refractivity contribution in [3.8, 4) is 0 Å². The van der Waals surface area contributed by atoms with Gasteiger partial charge in [0.1, 0.15) is 0 Å². The van der Waals surface area contributed by atoms with E-state index in [4.69, 9.17) is 0 Å². The van der Waals surface area contributed by atoms with Crippen molar-refractivity contribution in [1.29, 1.82) is 0 Å². The van der Waals surface area contributed by atoms with Crippen molar-refractivity contribution < 1.29 is 9.59 Å². The fourth-order valence-corrected chi connectivity index (χ4v) is 2.31. The Kier molecular flexibility index (Phi) is 5.52. The first-order valence-corrected chi connectivity index (χ1v) is 7.78. The van der Waals surface area contributed by atoms with Gasteiger partial charge in [-0.2, -0.15) is 0 Å². The second-order valence-electron chi connectivity index (χ2n) is 5.62. The van der Waals surface area contributed by atoms with Crippen molar-refractivity contribution in [3.63, 3.8) is 0 Å². The van der Waals surface area contributed by atoms with E-state index < -0.39 is 0 Å². The molecule has 23 heavy (non-hydrogen) atoms. The molecule has 2 aromatic carbocycles. The van der Waals surface area contributed by atoms with E-state index in [0.717, 1.165) is 17.5 Å². The average Bonchev–Trinajstić information content (AvgIpc) is 2.51. The Labute approximate surface area is 136 Å². The summed E-state index contributed by atoms with van der Waals surface area (Å²) < 4.78 is 0. The number of carbonyl (C=O) groups excluding carboxylic acids is 2. The van der Waals surface area contributed by atoms with Crippen LogP contribution in [-0.4, -0.2) is 11.8 Å². The van der Waals surface area contributed by atoms with Gasteiger partial charge in [-0.05, 0) is 44.0 Å². The maximum Gasteiger partial charge on any atom is 0.255 e. The molecule has 120 valence electrons. The maximum absolute atomic E-state index is 12.5. The van der Waals surface area contributed by atoms with E-state index in [1.54, 1.807) is 12.1 Å². The largest absolute Gasteiger partial charge is 0.324 e. The van der Waals surface area contributed by atoms with E-state index in [9.17, 15) is 9.59 Å². The Balaban J connectivity index is 2.21. The summed E-state index contributed by atoms with van der Waals surface area (Å²) in [6.07, 6.45) is 1.24. The lowest BCUT2D eigenvalue weighted by atomic mass is 10.0. The minimum atomic E-state index is -0.177. The molecule has 4 heteroatoms. The third-order valence-corrected chi connectivity index (χ3v) is 3.56. The quantitative estimate of drug-likeness (QED) is 0.865. The van der Waals surface area contributed by atoms with E-state index in [1.807, 2.05) is 51.1 Å². The van der Waals surface area contributed by atoms with Crippen molar-refractivity contribution in [3.05, 3.63) is 59.2 Å². The number of benzene rings is 2. The van der Waals surface area contributed by atoms with Crippen LogP contribution in [-0.2, 0) is 4.79 Å². The summed E-state index contributed by atoms with van der Waals surface area (Å²) in [7, 11) is 0. The highest BCUT2D eigenvalue weighted by atomic mass is 16.2. The molecule has 4 nitrogen and oxygen atoms in total. The minimum absolute atomic E-state index is 0.0547. The molecular weight excluding hydrogens is 288 g/mol. The number of anilines is 2. The van der Waals surface area contributed by atoms with E-state index in [-0.39, 0.29) is 11.8 Å². The van der Waals surface area contributed by atoms with Crippen LogP contribution in [0.2, 0.25) is 0 Å². The molecule has 0 aromatic heterocycles. The molecule has 2 rings (SSSR count). The van der Waals surface area contributed by atoms with Crippen molar-refractivity contribution in [2.24, 2.45) is 0 Å². The maximum atomic E-state index is 12.5. The fraction of sp³-hybridized carbons (Fsp3) is 0.263. The lowest BCUT2D eigenvalue weighted by Gasteiger charge is -2.13. The van der Waals surface area contributed by atoms with Gasteiger partial charge in [0.25, 0.3) is 5.91 Å². The van der Waals surface area contributed by atoms with Crippen LogP contribution < -0.4 is 10.6 Å². The summed E-state index contributed by atoms with van der Waals surface area (Å²) in [6, 6.07) is 13.0. The highest BCUT2D eigenvalue weighted by molar-refractivity contribution is 6.08. The van der Waals surface area contributed by atoms with Crippen LogP contribution in [0.4, 0.5) is 11.4 Å². The van der Waals surface area contributed by atoms with Crippen molar-refractivity contribution in [2.45, 2.75) is 33.6 Å². The summed E-state index contributed by atoms with van der Waals surface area (Å²) >= 11 is 0. The molecule has 0 saturated carbocycles. The Bertz CT molecular complexity index is 723. The highest BCUT2D eigenvalue weighted by Crippen LogP contribution is 2.23. The van der Waals surface area contributed by atoms with Crippen LogP contribution in [0.1, 0.15) is 41.3 Å². The van der Waals surface area contributed by atoms with Crippen LogP contribution in [0.25, 0.3) is 0 Å². The Morgan fingerprint density at radius 3 is 2.26 bits per heavy atom. The topological polar surface area (TPSA) is 58.2 Å². The molecule has 0 radical (unpaired) electrons. The monoisotopic (exact) mass is 310 g/mol. The van der Waals surface area contributed by atoms with E-state index in [0.29, 0.717) is 23.4 Å². The van der Waals surface area contributed by atoms with Crippen LogP contribution in [0.15, 0.2) is 42.5 Å². The van der Waals surface area contributed by atoms with Crippen molar-refractivity contribution in [2.75, 3.05) is 10.6 Å². The van der Waals surface area contributed by atoms with Gasteiger partial charge in [-0.1, -0.05) is 36.8 Å². The van der Waals surface area contributed by atoms with Crippen LogP contribution >= 0.6 is 0 Å². The lowest BCUT2D eigenvalue weighted by Crippen LogP contribution is -2.17. The molecule has 0 heterocycles. The smallest absolute Gasteiger partial charge is 0.255 e. The molecule has 0 fully saturated rings. The zero-order valence-electron chi connectivity index (χ0n) is 13.8. The second-order valence-corrected chi connectivity index (χ2v) is 5.62. The van der Waals surface area contributed by atoms with E-state index >= 15 is 0 Å². The van der Waals surface area contributed by atoms with E-state index in [2.05, 4.69) is 10.6 Å². The summed E-state index contributed by atoms with van der Waals surface area (Å²) in [6.45, 7) is 5.81. The van der Waals surface area contributed by atoms with Gasteiger partial charge in [0.2, 0.25) is 5.91 Å². The van der Waals surface area contributed by atoms with Crippen LogP contribution in [0.5, 0.6) is 0 Å². The molecule has 2 N–H and O–H groups in total. The number of nitrogens with one attached hydrogen (secondary N) is 2. The van der Waals surface area contributed by atoms with Crippen LogP contribution in [0, 0.1) is 13.8 Å². The third-order valence-electron chi connectivity index (χ3n) is 3.56. The molecule has 0 aliphatic carbocycles. The number of aryl methyl sites for hydroxylation is 2. The number of hydrogen-bond acceptors (Lipinski definition) is 2. The second kappa shape index (κ2) is 7.58. The average molecular weight is 310 g/mol. The molecule has 0 atom stereocenters. The molecule has 0 aliphatic heterocycles. The van der Waals surface area contributed by atoms with Gasteiger partial charge in [-0.25, -0.2) is 0 Å². The van der Waals surface area contributed by atoms with Gasteiger partial charge in [-0.15, -0.1) is 0 Å². The zero-order valence-corrected chi connectivity index (χ0v) is 13.8. The normalized spacial score (nSPS) is 10.2. The summed E-state index contributed by atoms with van der Waals surface area (Å²) in [5, 5.41) is 5.73. The predicted molar refractivity (Wildman–Crippen MR) is 93.8 cm³/mol. The highest BCUT2D eigenvalue weighted by Gasteiger charge is 2.12. The molecular formula is C19H22N2O2. The van der Waals surface area contributed by atoms with Crippen molar-refractivity contribution >= 4 is 23.2 Å². The first-order valence-electron chi connectivity index (χ1n) is 7.78. The van der Waals surface area contributed by atoms with Gasteiger partial charge in [0.05, 0.1) is 11.4 Å².